The van der Waals surface area contributed by atoms with Gasteiger partial charge >= 0.3 is 6.03 Å². The zero-order valence-corrected chi connectivity index (χ0v) is 15.9. The van der Waals surface area contributed by atoms with Crippen LogP contribution in [0, 0.1) is 5.82 Å². The minimum atomic E-state index is -0.496. The van der Waals surface area contributed by atoms with Gasteiger partial charge in [-0.1, -0.05) is 17.7 Å². The van der Waals surface area contributed by atoms with E-state index in [2.05, 4.69) is 15.6 Å². The van der Waals surface area contributed by atoms with Crippen molar-refractivity contribution in [3.8, 4) is 11.1 Å². The standard InChI is InChI=1S/C20H14ClFN4OS/c21-11-2-1-3-12(8-11)25-20(27)26-13-4-5-14(16(22)9-13)15-10-28-17-6-7-24-19(23)18(15)17/h1-10H,(H2,23,24)(H2,25,26,27). The number of carbonyl (C=O) groups excluding carboxylic acids is 1. The van der Waals surface area contributed by atoms with Gasteiger partial charge in [0.25, 0.3) is 0 Å². The van der Waals surface area contributed by atoms with Gasteiger partial charge < -0.3 is 16.4 Å². The van der Waals surface area contributed by atoms with Crippen molar-refractivity contribution in [2.24, 2.45) is 0 Å². The van der Waals surface area contributed by atoms with Crippen molar-refractivity contribution >= 4 is 56.2 Å². The van der Waals surface area contributed by atoms with Crippen LogP contribution < -0.4 is 16.4 Å². The summed E-state index contributed by atoms with van der Waals surface area (Å²) in [4.78, 5) is 16.2. The summed E-state index contributed by atoms with van der Waals surface area (Å²) in [6.45, 7) is 0. The van der Waals surface area contributed by atoms with E-state index in [0.717, 1.165) is 10.1 Å². The number of nitrogens with two attached hydrogens (primary N) is 1. The number of nitrogen functional groups attached to an aromatic ring is 1. The van der Waals surface area contributed by atoms with E-state index in [9.17, 15) is 9.18 Å². The smallest absolute Gasteiger partial charge is 0.323 e. The van der Waals surface area contributed by atoms with Gasteiger partial charge in [0.05, 0.1) is 0 Å². The SMILES string of the molecule is Nc1nccc2scc(-c3ccc(NC(=O)Nc4cccc(Cl)c4)cc3F)c12. The molecular formula is C20H14ClFN4OS. The monoisotopic (exact) mass is 412 g/mol. The molecule has 2 aromatic heterocycles. The molecule has 4 aromatic rings. The summed E-state index contributed by atoms with van der Waals surface area (Å²) in [5.41, 5.74) is 7.90. The number of hydrogen-bond donors (Lipinski definition) is 3. The van der Waals surface area contributed by atoms with Crippen LogP contribution in [0.4, 0.5) is 26.4 Å². The Morgan fingerprint density at radius 3 is 2.61 bits per heavy atom. The lowest BCUT2D eigenvalue weighted by molar-refractivity contribution is 0.262. The first-order valence-corrected chi connectivity index (χ1v) is 9.52. The van der Waals surface area contributed by atoms with Gasteiger partial charge in [-0.3, -0.25) is 0 Å². The maximum Gasteiger partial charge on any atom is 0.323 e. The molecular weight excluding hydrogens is 399 g/mol. The van der Waals surface area contributed by atoms with E-state index < -0.39 is 11.8 Å². The number of aromatic nitrogens is 1. The zero-order valence-electron chi connectivity index (χ0n) is 14.4. The first-order valence-electron chi connectivity index (χ1n) is 8.26. The lowest BCUT2D eigenvalue weighted by Gasteiger charge is -2.10. The molecule has 2 aromatic carbocycles. The van der Waals surface area contributed by atoms with Crippen LogP contribution in [0.15, 0.2) is 60.1 Å². The molecule has 5 nitrogen and oxygen atoms in total. The van der Waals surface area contributed by atoms with Crippen LogP contribution in [0.2, 0.25) is 5.02 Å². The highest BCUT2D eigenvalue weighted by Gasteiger charge is 2.14. The second-order valence-electron chi connectivity index (χ2n) is 6.00. The number of carbonyl (C=O) groups is 1. The van der Waals surface area contributed by atoms with Gasteiger partial charge in [-0.25, -0.2) is 14.2 Å². The van der Waals surface area contributed by atoms with Crippen molar-refractivity contribution in [3.05, 3.63) is 70.9 Å². The molecule has 0 spiro atoms. The molecule has 4 N–H and O–H groups in total. The molecule has 0 radical (unpaired) electrons. The molecule has 0 aliphatic rings. The van der Waals surface area contributed by atoms with Gasteiger partial charge in [0.15, 0.2) is 0 Å². The van der Waals surface area contributed by atoms with Crippen LogP contribution in [-0.2, 0) is 0 Å². The third kappa shape index (κ3) is 3.62. The highest BCUT2D eigenvalue weighted by atomic mass is 35.5. The van der Waals surface area contributed by atoms with Crippen molar-refractivity contribution in [2.75, 3.05) is 16.4 Å². The molecule has 28 heavy (non-hydrogen) atoms. The molecule has 4 rings (SSSR count). The number of amides is 2. The zero-order chi connectivity index (χ0) is 19.7. The van der Waals surface area contributed by atoms with Crippen molar-refractivity contribution in [1.82, 2.24) is 4.98 Å². The molecule has 2 heterocycles. The molecule has 2 amide bonds. The second kappa shape index (κ2) is 7.46. The Hall–Kier alpha value is -3.16. The number of halogens is 2. The number of benzene rings is 2. The van der Waals surface area contributed by atoms with E-state index in [1.807, 2.05) is 11.4 Å². The molecule has 0 bridgehead atoms. The Kier molecular flexibility index (Phi) is 4.85. The number of hydrogen-bond acceptors (Lipinski definition) is 4. The Bertz CT molecular complexity index is 1190. The Labute approximate surface area is 169 Å². The second-order valence-corrected chi connectivity index (χ2v) is 7.35. The van der Waals surface area contributed by atoms with Crippen molar-refractivity contribution in [2.45, 2.75) is 0 Å². The summed E-state index contributed by atoms with van der Waals surface area (Å²) in [6, 6.07) is 12.6. The normalized spacial score (nSPS) is 10.8. The number of nitrogens with zero attached hydrogens (tertiary/aromatic N) is 1. The van der Waals surface area contributed by atoms with Gasteiger partial charge in [-0.2, -0.15) is 0 Å². The summed E-state index contributed by atoms with van der Waals surface area (Å²) in [5.74, 6) is -0.111. The quantitative estimate of drug-likeness (QED) is 0.387. The molecule has 0 unspecified atom stereocenters. The maximum atomic E-state index is 14.8. The average molecular weight is 413 g/mol. The van der Waals surface area contributed by atoms with Gasteiger partial charge in [-0.05, 0) is 42.5 Å². The topological polar surface area (TPSA) is 80.0 Å². The van der Waals surface area contributed by atoms with E-state index in [4.69, 9.17) is 17.3 Å². The first-order chi connectivity index (χ1) is 13.5. The molecule has 0 fully saturated rings. The van der Waals surface area contributed by atoms with E-state index in [0.29, 0.717) is 33.3 Å². The fraction of sp³-hybridized carbons (Fsp3) is 0. The highest BCUT2D eigenvalue weighted by Crippen LogP contribution is 2.38. The Morgan fingerprint density at radius 1 is 1.07 bits per heavy atom. The van der Waals surface area contributed by atoms with E-state index in [1.165, 1.54) is 17.4 Å². The molecule has 0 aliphatic carbocycles. The summed E-state index contributed by atoms with van der Waals surface area (Å²) >= 11 is 7.37. The predicted octanol–water partition coefficient (Wildman–Crippen LogP) is 5.98. The van der Waals surface area contributed by atoms with Crippen LogP contribution in [0.25, 0.3) is 21.2 Å². The third-order valence-corrected chi connectivity index (χ3v) is 5.30. The molecule has 8 heteroatoms. The Morgan fingerprint density at radius 2 is 1.86 bits per heavy atom. The molecule has 0 aliphatic heterocycles. The molecule has 140 valence electrons. The maximum absolute atomic E-state index is 14.8. The minimum absolute atomic E-state index is 0.325. The number of rotatable bonds is 3. The summed E-state index contributed by atoms with van der Waals surface area (Å²) in [7, 11) is 0. The van der Waals surface area contributed by atoms with Crippen LogP contribution in [-0.4, -0.2) is 11.0 Å². The molecule has 0 atom stereocenters. The lowest BCUT2D eigenvalue weighted by Crippen LogP contribution is -2.19. The molecule has 0 saturated carbocycles. The fourth-order valence-corrected chi connectivity index (χ4v) is 4.03. The minimum Gasteiger partial charge on any atom is -0.383 e. The van der Waals surface area contributed by atoms with Gasteiger partial charge in [0.1, 0.15) is 11.6 Å². The molecule has 0 saturated heterocycles. The van der Waals surface area contributed by atoms with Crippen LogP contribution in [0.3, 0.4) is 0 Å². The van der Waals surface area contributed by atoms with E-state index in [1.54, 1.807) is 42.6 Å². The van der Waals surface area contributed by atoms with Gasteiger partial charge in [-0.15, -0.1) is 11.3 Å². The number of urea groups is 1. The number of pyridine rings is 1. The van der Waals surface area contributed by atoms with Gasteiger partial charge in [0.2, 0.25) is 0 Å². The predicted molar refractivity (Wildman–Crippen MR) is 114 cm³/mol. The summed E-state index contributed by atoms with van der Waals surface area (Å²) in [5, 5.41) is 8.33. The summed E-state index contributed by atoms with van der Waals surface area (Å²) < 4.78 is 15.7. The number of thiophene rings is 1. The largest absolute Gasteiger partial charge is 0.383 e. The fourth-order valence-electron chi connectivity index (χ4n) is 2.88. The van der Waals surface area contributed by atoms with Crippen molar-refractivity contribution in [3.63, 3.8) is 0 Å². The van der Waals surface area contributed by atoms with Gasteiger partial charge in [0, 0.05) is 49.2 Å². The first kappa shape index (κ1) is 18.2. The lowest BCUT2D eigenvalue weighted by atomic mass is 10.0. The van der Waals surface area contributed by atoms with Crippen LogP contribution in [0.1, 0.15) is 0 Å². The van der Waals surface area contributed by atoms with E-state index in [-0.39, 0.29) is 0 Å². The summed E-state index contributed by atoms with van der Waals surface area (Å²) in [6.07, 6.45) is 1.62. The van der Waals surface area contributed by atoms with Crippen molar-refractivity contribution < 1.29 is 9.18 Å². The number of anilines is 3. The Balaban J connectivity index is 1.57. The third-order valence-electron chi connectivity index (χ3n) is 4.11. The van der Waals surface area contributed by atoms with E-state index >= 15 is 0 Å². The van der Waals surface area contributed by atoms with Crippen molar-refractivity contribution in [1.29, 1.82) is 0 Å². The van der Waals surface area contributed by atoms with Crippen LogP contribution >= 0.6 is 22.9 Å². The van der Waals surface area contributed by atoms with Crippen LogP contribution in [0.5, 0.6) is 0 Å². The number of fused-ring (bicyclic) bond motifs is 1. The highest BCUT2D eigenvalue weighted by molar-refractivity contribution is 7.17. The average Bonchev–Trinajstić information content (AvgIpc) is 3.07. The number of nitrogens with one attached hydrogen (secondary N) is 2.